The van der Waals surface area contributed by atoms with Gasteiger partial charge < -0.3 is 26.6 Å². The van der Waals surface area contributed by atoms with E-state index >= 15 is 0 Å². The van der Waals surface area contributed by atoms with Crippen LogP contribution < -0.4 is 27.8 Å². The van der Waals surface area contributed by atoms with E-state index in [1.165, 1.54) is 15.7 Å². The van der Waals surface area contributed by atoms with E-state index in [0.717, 1.165) is 44.2 Å². The highest BCUT2D eigenvalue weighted by molar-refractivity contribution is 5.89. The number of amides is 3. The minimum atomic E-state index is -0.944. The molecule has 2 fully saturated rings. The fourth-order valence-electron chi connectivity index (χ4n) is 5.91. The van der Waals surface area contributed by atoms with E-state index in [0.29, 0.717) is 44.3 Å². The first-order valence-corrected chi connectivity index (χ1v) is 13.9. The highest BCUT2D eigenvalue weighted by atomic mass is 16.2. The number of carbonyl (C=O) groups is 2. The molecule has 11 nitrogen and oxygen atoms in total. The predicted octanol–water partition coefficient (Wildman–Crippen LogP) is 0.973. The molecule has 1 unspecified atom stereocenters. The Balaban J connectivity index is 1.18. The summed E-state index contributed by atoms with van der Waals surface area (Å²) < 4.78 is 1.50. The van der Waals surface area contributed by atoms with Crippen LogP contribution in [0.2, 0.25) is 0 Å². The zero-order valence-corrected chi connectivity index (χ0v) is 22.9. The summed E-state index contributed by atoms with van der Waals surface area (Å²) in [5, 5.41) is 6.51. The molecule has 1 aliphatic heterocycles. The fraction of sp³-hybridized carbons (Fsp3) is 0.571. The van der Waals surface area contributed by atoms with E-state index < -0.39 is 11.2 Å². The number of nitrogens with one attached hydrogen (secondary N) is 2. The average Bonchev–Trinajstić information content (AvgIpc) is 3.32. The summed E-state index contributed by atoms with van der Waals surface area (Å²) in [5.74, 6) is 0.0575. The van der Waals surface area contributed by atoms with Crippen LogP contribution in [-0.2, 0) is 17.6 Å². The lowest BCUT2D eigenvalue weighted by Gasteiger charge is -2.37. The van der Waals surface area contributed by atoms with Gasteiger partial charge in [-0.25, -0.2) is 9.59 Å². The van der Waals surface area contributed by atoms with E-state index in [9.17, 15) is 14.4 Å². The number of fused-ring (bicyclic) bond motifs is 1. The molecular formula is C28H40N8O3. The SMILES string of the molecule is CC(C)(N)C(=O)N1CCN(C(=O)Nc2ccn(-c3ccc4c(c3)CCC(N[C@@H]3CC[C@@H](N)C3)C4)c(=O)n2)CC1. The van der Waals surface area contributed by atoms with Gasteiger partial charge in [-0.3, -0.25) is 14.7 Å². The molecule has 210 valence electrons. The van der Waals surface area contributed by atoms with E-state index in [-0.39, 0.29) is 17.8 Å². The summed E-state index contributed by atoms with van der Waals surface area (Å²) in [5.41, 5.74) is 13.9. The Labute approximate surface area is 228 Å². The molecule has 0 spiro atoms. The number of piperazine rings is 1. The van der Waals surface area contributed by atoms with Crippen LogP contribution in [0.4, 0.5) is 10.6 Å². The Morgan fingerprint density at radius 1 is 1.00 bits per heavy atom. The van der Waals surface area contributed by atoms with Gasteiger partial charge in [0.1, 0.15) is 5.82 Å². The number of aryl methyl sites for hydroxylation is 1. The topological polar surface area (TPSA) is 152 Å². The molecule has 3 aliphatic rings. The smallest absolute Gasteiger partial charge is 0.338 e. The van der Waals surface area contributed by atoms with Crippen molar-refractivity contribution in [3.8, 4) is 5.69 Å². The molecule has 3 amide bonds. The Hall–Kier alpha value is -3.28. The average molecular weight is 537 g/mol. The van der Waals surface area contributed by atoms with Gasteiger partial charge >= 0.3 is 11.7 Å². The minimum absolute atomic E-state index is 0.138. The minimum Gasteiger partial charge on any atom is -0.338 e. The van der Waals surface area contributed by atoms with Crippen LogP contribution in [0.3, 0.4) is 0 Å². The molecule has 2 heterocycles. The number of nitrogens with zero attached hydrogens (tertiary/aromatic N) is 4. The molecule has 1 saturated carbocycles. The van der Waals surface area contributed by atoms with Crippen molar-refractivity contribution in [2.24, 2.45) is 11.5 Å². The molecule has 2 aliphatic carbocycles. The van der Waals surface area contributed by atoms with Gasteiger partial charge in [-0.1, -0.05) is 6.07 Å². The summed E-state index contributed by atoms with van der Waals surface area (Å²) in [6.07, 6.45) is 7.95. The molecular weight excluding hydrogens is 496 g/mol. The predicted molar refractivity (Wildman–Crippen MR) is 150 cm³/mol. The third-order valence-corrected chi connectivity index (χ3v) is 8.09. The number of urea groups is 1. The molecule has 6 N–H and O–H groups in total. The van der Waals surface area contributed by atoms with Gasteiger partial charge in [0, 0.05) is 50.5 Å². The summed E-state index contributed by atoms with van der Waals surface area (Å²) in [6.45, 7) is 4.92. The number of hydrogen-bond donors (Lipinski definition) is 4. The van der Waals surface area contributed by atoms with Gasteiger partial charge in [0.05, 0.1) is 11.2 Å². The highest BCUT2D eigenvalue weighted by Gasteiger charge is 2.31. The van der Waals surface area contributed by atoms with Gasteiger partial charge in [-0.2, -0.15) is 4.98 Å². The van der Waals surface area contributed by atoms with Crippen molar-refractivity contribution in [3.63, 3.8) is 0 Å². The largest absolute Gasteiger partial charge is 0.354 e. The highest BCUT2D eigenvalue weighted by Crippen LogP contribution is 2.26. The molecule has 1 saturated heterocycles. The molecule has 2 aromatic rings. The second-order valence-electron chi connectivity index (χ2n) is 11.7. The van der Waals surface area contributed by atoms with Gasteiger partial charge in [0.15, 0.2) is 0 Å². The van der Waals surface area contributed by atoms with Crippen molar-refractivity contribution in [2.45, 2.75) is 76.0 Å². The Morgan fingerprint density at radius 3 is 2.41 bits per heavy atom. The van der Waals surface area contributed by atoms with Crippen molar-refractivity contribution in [3.05, 3.63) is 52.1 Å². The number of anilines is 1. The van der Waals surface area contributed by atoms with Crippen LogP contribution in [0, 0.1) is 0 Å². The third kappa shape index (κ3) is 6.32. The maximum Gasteiger partial charge on any atom is 0.354 e. The van der Waals surface area contributed by atoms with Gasteiger partial charge in [-0.05, 0) is 81.7 Å². The first kappa shape index (κ1) is 27.3. The van der Waals surface area contributed by atoms with Crippen molar-refractivity contribution >= 4 is 17.8 Å². The summed E-state index contributed by atoms with van der Waals surface area (Å²) in [4.78, 5) is 45.3. The summed E-state index contributed by atoms with van der Waals surface area (Å²) in [6, 6.07) is 8.71. The lowest BCUT2D eigenvalue weighted by molar-refractivity contribution is -0.137. The Bertz CT molecular complexity index is 1280. The number of hydrogen-bond acceptors (Lipinski definition) is 7. The molecule has 1 aromatic heterocycles. The number of nitrogens with two attached hydrogens (primary N) is 2. The summed E-state index contributed by atoms with van der Waals surface area (Å²) >= 11 is 0. The van der Waals surface area contributed by atoms with Crippen LogP contribution >= 0.6 is 0 Å². The van der Waals surface area contributed by atoms with Crippen molar-refractivity contribution in [1.82, 2.24) is 24.7 Å². The van der Waals surface area contributed by atoms with Crippen LogP contribution in [0.5, 0.6) is 0 Å². The number of rotatable bonds is 5. The third-order valence-electron chi connectivity index (χ3n) is 8.09. The van der Waals surface area contributed by atoms with E-state index in [4.69, 9.17) is 11.5 Å². The van der Waals surface area contributed by atoms with E-state index in [2.05, 4.69) is 27.8 Å². The van der Waals surface area contributed by atoms with Crippen LogP contribution in [-0.4, -0.2) is 81.1 Å². The van der Waals surface area contributed by atoms with Gasteiger partial charge in [0.25, 0.3) is 0 Å². The van der Waals surface area contributed by atoms with Crippen molar-refractivity contribution in [2.75, 3.05) is 31.5 Å². The Morgan fingerprint density at radius 2 is 1.74 bits per heavy atom. The molecule has 3 atom stereocenters. The number of benzene rings is 1. The lowest BCUT2D eigenvalue weighted by atomic mass is 9.87. The van der Waals surface area contributed by atoms with Crippen LogP contribution in [0.1, 0.15) is 50.7 Å². The molecule has 5 rings (SSSR count). The summed E-state index contributed by atoms with van der Waals surface area (Å²) in [7, 11) is 0. The zero-order valence-electron chi connectivity index (χ0n) is 22.9. The Kier molecular flexibility index (Phi) is 7.75. The van der Waals surface area contributed by atoms with E-state index in [1.54, 1.807) is 35.9 Å². The maximum absolute atomic E-state index is 12.9. The molecule has 0 radical (unpaired) electrons. The second-order valence-corrected chi connectivity index (χ2v) is 11.7. The maximum atomic E-state index is 12.9. The molecule has 1 aromatic carbocycles. The molecule has 11 heteroatoms. The molecule has 0 bridgehead atoms. The second kappa shape index (κ2) is 11.1. The quantitative estimate of drug-likeness (QED) is 0.444. The van der Waals surface area contributed by atoms with Gasteiger partial charge in [0.2, 0.25) is 5.91 Å². The zero-order chi connectivity index (χ0) is 27.7. The van der Waals surface area contributed by atoms with Gasteiger partial charge in [-0.15, -0.1) is 0 Å². The van der Waals surface area contributed by atoms with Crippen molar-refractivity contribution in [1.29, 1.82) is 0 Å². The van der Waals surface area contributed by atoms with Crippen LogP contribution in [0.25, 0.3) is 5.69 Å². The lowest BCUT2D eigenvalue weighted by Crippen LogP contribution is -2.58. The fourth-order valence-corrected chi connectivity index (χ4v) is 5.91. The molecule has 39 heavy (non-hydrogen) atoms. The van der Waals surface area contributed by atoms with Crippen LogP contribution in [0.15, 0.2) is 35.3 Å². The van der Waals surface area contributed by atoms with E-state index in [1.807, 2.05) is 6.07 Å². The van der Waals surface area contributed by atoms with Crippen molar-refractivity contribution < 1.29 is 9.59 Å². The number of aromatic nitrogens is 2. The normalized spacial score (nSPS) is 23.4. The first-order valence-electron chi connectivity index (χ1n) is 13.9. The first-order chi connectivity index (χ1) is 18.6. The monoisotopic (exact) mass is 536 g/mol. The number of carbonyl (C=O) groups excluding carboxylic acids is 2. The standard InChI is InChI=1S/C28H40N8O3/c1-28(2,30)25(37)34-11-13-35(14-12-34)26(38)32-24-9-10-36(27(39)33-24)23-8-4-18-15-21(6-3-19(18)16-23)31-22-7-5-20(29)17-22/h4,8-10,16,20-22,31H,3,5-7,11-15,17,29-30H2,1-2H3,(H,32,33,38,39)/t20-,21?,22-/m1/s1.